The van der Waals surface area contributed by atoms with Crippen molar-refractivity contribution in [1.82, 2.24) is 20.1 Å². The molecule has 1 N–H and O–H groups in total. The highest BCUT2D eigenvalue weighted by atomic mass is 32.2. The second kappa shape index (κ2) is 7.74. The van der Waals surface area contributed by atoms with E-state index in [9.17, 15) is 9.59 Å². The van der Waals surface area contributed by atoms with Gasteiger partial charge in [-0.25, -0.2) is 0 Å². The minimum atomic E-state index is -0.0726. The number of aryl methyl sites for hydroxylation is 1. The molecule has 0 spiro atoms. The lowest BCUT2D eigenvalue weighted by molar-refractivity contribution is -0.119. The summed E-state index contributed by atoms with van der Waals surface area (Å²) in [7, 11) is 0. The van der Waals surface area contributed by atoms with E-state index in [1.807, 2.05) is 23.6 Å². The lowest BCUT2D eigenvalue weighted by atomic mass is 10.1. The lowest BCUT2D eigenvalue weighted by Crippen LogP contribution is -2.18. The average molecular weight is 318 g/mol. The van der Waals surface area contributed by atoms with Gasteiger partial charge in [-0.1, -0.05) is 36.0 Å². The number of Topliss-reactive ketones (excluding diaryl/α,β-unsaturated/α-hetero) is 1. The third-order valence-corrected chi connectivity index (χ3v) is 4.05. The monoisotopic (exact) mass is 318 g/mol. The third kappa shape index (κ3) is 4.42. The minimum Gasteiger partial charge on any atom is -0.352 e. The van der Waals surface area contributed by atoms with Gasteiger partial charge in [-0.2, -0.15) is 0 Å². The molecule has 0 bridgehead atoms. The van der Waals surface area contributed by atoms with E-state index >= 15 is 0 Å². The van der Waals surface area contributed by atoms with E-state index in [1.54, 1.807) is 18.5 Å². The van der Waals surface area contributed by atoms with Crippen LogP contribution in [-0.4, -0.2) is 32.2 Å². The Kier molecular flexibility index (Phi) is 5.71. The van der Waals surface area contributed by atoms with Crippen LogP contribution in [0, 0.1) is 0 Å². The van der Waals surface area contributed by atoms with Gasteiger partial charge >= 0.3 is 0 Å². The van der Waals surface area contributed by atoms with Crippen molar-refractivity contribution in [3.8, 4) is 0 Å². The average Bonchev–Trinajstić information content (AvgIpc) is 2.98. The third-order valence-electron chi connectivity index (χ3n) is 3.07. The number of nitrogens with zero attached hydrogens (tertiary/aromatic N) is 3. The standard InChI is InChI=1S/C15H18N4O2S/c1-3-19-10-17-18-15(19)22-9-14(21)13-6-4-12(5-7-13)8-16-11(2)20/h4-7,10H,3,8-9H2,1-2H3,(H,16,20). The minimum absolute atomic E-state index is 0.0433. The molecule has 1 aromatic carbocycles. The number of amides is 1. The topological polar surface area (TPSA) is 76.9 Å². The molecule has 0 atom stereocenters. The van der Waals surface area contributed by atoms with Gasteiger partial charge < -0.3 is 9.88 Å². The van der Waals surface area contributed by atoms with E-state index in [0.29, 0.717) is 17.9 Å². The molecule has 1 amide bonds. The van der Waals surface area contributed by atoms with Crippen molar-refractivity contribution in [1.29, 1.82) is 0 Å². The van der Waals surface area contributed by atoms with Crippen LogP contribution in [0.1, 0.15) is 29.8 Å². The van der Waals surface area contributed by atoms with Gasteiger partial charge in [-0.3, -0.25) is 9.59 Å². The number of carbonyl (C=O) groups is 2. The van der Waals surface area contributed by atoms with Crippen molar-refractivity contribution in [3.63, 3.8) is 0 Å². The summed E-state index contributed by atoms with van der Waals surface area (Å²) in [6.45, 7) is 4.73. The van der Waals surface area contributed by atoms with Crippen molar-refractivity contribution in [2.24, 2.45) is 0 Å². The van der Waals surface area contributed by atoms with Crippen molar-refractivity contribution >= 4 is 23.5 Å². The summed E-state index contributed by atoms with van der Waals surface area (Å²) >= 11 is 1.38. The highest BCUT2D eigenvalue weighted by molar-refractivity contribution is 7.99. The molecule has 1 heterocycles. The maximum Gasteiger partial charge on any atom is 0.217 e. The first-order valence-corrected chi connectivity index (χ1v) is 7.96. The van der Waals surface area contributed by atoms with Crippen molar-refractivity contribution < 1.29 is 9.59 Å². The number of hydrogen-bond donors (Lipinski definition) is 1. The van der Waals surface area contributed by atoms with Gasteiger partial charge in [-0.15, -0.1) is 10.2 Å². The molecule has 22 heavy (non-hydrogen) atoms. The number of ketones is 1. The van der Waals surface area contributed by atoms with E-state index in [2.05, 4.69) is 15.5 Å². The molecule has 6 nitrogen and oxygen atoms in total. The predicted molar refractivity (Wildman–Crippen MR) is 84.7 cm³/mol. The second-order valence-corrected chi connectivity index (χ2v) is 5.66. The molecule has 0 unspecified atom stereocenters. The van der Waals surface area contributed by atoms with Gasteiger partial charge in [0.05, 0.1) is 5.75 Å². The first-order valence-electron chi connectivity index (χ1n) is 6.97. The summed E-state index contributed by atoms with van der Waals surface area (Å²) in [5.41, 5.74) is 1.62. The number of thioether (sulfide) groups is 1. The van der Waals surface area contributed by atoms with Crippen LogP contribution >= 0.6 is 11.8 Å². The second-order valence-electron chi connectivity index (χ2n) is 4.72. The molecule has 0 aliphatic rings. The summed E-state index contributed by atoms with van der Waals surface area (Å²) in [6.07, 6.45) is 1.66. The number of benzene rings is 1. The molecule has 0 aliphatic carbocycles. The van der Waals surface area contributed by atoms with E-state index < -0.39 is 0 Å². The highest BCUT2D eigenvalue weighted by Gasteiger charge is 2.10. The fraction of sp³-hybridized carbons (Fsp3) is 0.333. The molecule has 2 aromatic rings. The first-order chi connectivity index (χ1) is 10.6. The number of carbonyl (C=O) groups excluding carboxylic acids is 2. The Morgan fingerprint density at radius 3 is 2.64 bits per heavy atom. The Labute approximate surface area is 133 Å². The molecule has 116 valence electrons. The zero-order valence-corrected chi connectivity index (χ0v) is 13.4. The Bertz CT molecular complexity index is 652. The van der Waals surface area contributed by atoms with E-state index in [4.69, 9.17) is 0 Å². The molecule has 0 saturated carbocycles. The zero-order chi connectivity index (χ0) is 15.9. The SMILES string of the molecule is CCn1cnnc1SCC(=O)c1ccc(CNC(C)=O)cc1. The Hall–Kier alpha value is -2.15. The zero-order valence-electron chi connectivity index (χ0n) is 12.6. The van der Waals surface area contributed by atoms with Crippen LogP contribution in [0.3, 0.4) is 0 Å². The Balaban J connectivity index is 1.91. The number of rotatable bonds is 7. The van der Waals surface area contributed by atoms with Gasteiger partial charge in [0, 0.05) is 25.6 Å². The van der Waals surface area contributed by atoms with E-state index in [0.717, 1.165) is 17.3 Å². The van der Waals surface area contributed by atoms with Crippen molar-refractivity contribution in [2.45, 2.75) is 32.1 Å². The fourth-order valence-electron chi connectivity index (χ4n) is 1.82. The van der Waals surface area contributed by atoms with Gasteiger partial charge in [0.25, 0.3) is 0 Å². The quantitative estimate of drug-likeness (QED) is 0.623. The van der Waals surface area contributed by atoms with Crippen LogP contribution < -0.4 is 5.32 Å². The molecule has 0 radical (unpaired) electrons. The molecule has 1 aromatic heterocycles. The van der Waals surface area contributed by atoms with Gasteiger partial charge in [0.1, 0.15) is 6.33 Å². The largest absolute Gasteiger partial charge is 0.352 e. The molecule has 0 fully saturated rings. The van der Waals surface area contributed by atoms with Crippen LogP contribution in [0.2, 0.25) is 0 Å². The highest BCUT2D eigenvalue weighted by Crippen LogP contribution is 2.17. The van der Waals surface area contributed by atoms with Crippen LogP contribution in [0.4, 0.5) is 0 Å². The van der Waals surface area contributed by atoms with Gasteiger partial charge in [-0.05, 0) is 12.5 Å². The van der Waals surface area contributed by atoms with Crippen molar-refractivity contribution in [2.75, 3.05) is 5.75 Å². The van der Waals surface area contributed by atoms with Gasteiger partial charge in [0.15, 0.2) is 10.9 Å². The Morgan fingerprint density at radius 1 is 1.27 bits per heavy atom. The van der Waals surface area contributed by atoms with Crippen LogP contribution in [0.25, 0.3) is 0 Å². The molecular formula is C15H18N4O2S. The van der Waals surface area contributed by atoms with Crippen LogP contribution in [-0.2, 0) is 17.9 Å². The summed E-state index contributed by atoms with van der Waals surface area (Å²) in [6, 6.07) is 7.26. The summed E-state index contributed by atoms with van der Waals surface area (Å²) < 4.78 is 1.90. The molecule has 0 aliphatic heterocycles. The summed E-state index contributed by atoms with van der Waals surface area (Å²) in [5.74, 6) is 0.294. The Morgan fingerprint density at radius 2 is 2.00 bits per heavy atom. The number of nitrogens with one attached hydrogen (secondary N) is 1. The van der Waals surface area contributed by atoms with Crippen LogP contribution in [0.15, 0.2) is 35.7 Å². The molecule has 0 saturated heterocycles. The molecule has 2 rings (SSSR count). The first kappa shape index (κ1) is 16.2. The lowest BCUT2D eigenvalue weighted by Gasteiger charge is -2.05. The molecule has 7 heteroatoms. The summed E-state index contributed by atoms with van der Waals surface area (Å²) in [4.78, 5) is 23.0. The van der Waals surface area contributed by atoms with Crippen LogP contribution in [0.5, 0.6) is 0 Å². The van der Waals surface area contributed by atoms with E-state index in [1.165, 1.54) is 18.7 Å². The molecular weight excluding hydrogens is 300 g/mol. The van der Waals surface area contributed by atoms with Crippen molar-refractivity contribution in [3.05, 3.63) is 41.7 Å². The number of hydrogen-bond acceptors (Lipinski definition) is 5. The normalized spacial score (nSPS) is 10.5. The smallest absolute Gasteiger partial charge is 0.217 e. The predicted octanol–water partition coefficient (Wildman–Crippen LogP) is 1.91. The van der Waals surface area contributed by atoms with E-state index in [-0.39, 0.29) is 11.7 Å². The maximum absolute atomic E-state index is 12.2. The summed E-state index contributed by atoms with van der Waals surface area (Å²) in [5, 5.41) is 11.3. The maximum atomic E-state index is 12.2. The number of aromatic nitrogens is 3. The fourth-order valence-corrected chi connectivity index (χ4v) is 2.70. The van der Waals surface area contributed by atoms with Gasteiger partial charge in [0.2, 0.25) is 5.91 Å².